The minimum atomic E-state index is -0.0662. The van der Waals surface area contributed by atoms with E-state index < -0.39 is 0 Å². The molecule has 0 radical (unpaired) electrons. The molecule has 0 saturated carbocycles. The Morgan fingerprint density at radius 3 is 2.61 bits per heavy atom. The van der Waals surface area contributed by atoms with Crippen LogP contribution in [0.25, 0.3) is 0 Å². The van der Waals surface area contributed by atoms with Crippen molar-refractivity contribution >= 4 is 33.5 Å². The Kier molecular flexibility index (Phi) is 7.02. The SMILES string of the molecule is CCCc1ccc(N(CC)c2nc(C)cc(C(=O)N3CCOCC3)n2)c(Br)c1. The van der Waals surface area contributed by atoms with E-state index >= 15 is 0 Å². The van der Waals surface area contributed by atoms with E-state index in [0.717, 1.165) is 28.7 Å². The highest BCUT2D eigenvalue weighted by atomic mass is 79.9. The zero-order valence-electron chi connectivity index (χ0n) is 16.7. The van der Waals surface area contributed by atoms with Crippen molar-refractivity contribution < 1.29 is 9.53 Å². The van der Waals surface area contributed by atoms with Gasteiger partial charge < -0.3 is 14.5 Å². The van der Waals surface area contributed by atoms with Crippen LogP contribution in [0, 0.1) is 6.92 Å². The molecule has 2 heterocycles. The summed E-state index contributed by atoms with van der Waals surface area (Å²) in [6.07, 6.45) is 2.15. The lowest BCUT2D eigenvalue weighted by atomic mass is 10.1. The van der Waals surface area contributed by atoms with Crippen LogP contribution in [0.2, 0.25) is 0 Å². The number of carbonyl (C=O) groups is 1. The van der Waals surface area contributed by atoms with Crippen LogP contribution in [0.4, 0.5) is 11.6 Å². The van der Waals surface area contributed by atoms with Crippen LogP contribution < -0.4 is 4.90 Å². The molecular formula is C21H27BrN4O2. The van der Waals surface area contributed by atoms with Gasteiger partial charge in [-0.3, -0.25) is 4.79 Å². The van der Waals surface area contributed by atoms with Crippen LogP contribution in [0.15, 0.2) is 28.7 Å². The van der Waals surface area contributed by atoms with Gasteiger partial charge in [0.05, 0.1) is 18.9 Å². The lowest BCUT2D eigenvalue weighted by molar-refractivity contribution is 0.0299. The summed E-state index contributed by atoms with van der Waals surface area (Å²) < 4.78 is 6.35. The van der Waals surface area contributed by atoms with Gasteiger partial charge in [-0.25, -0.2) is 9.97 Å². The van der Waals surface area contributed by atoms with Crippen molar-refractivity contribution in [3.05, 3.63) is 45.7 Å². The Labute approximate surface area is 175 Å². The van der Waals surface area contributed by atoms with Gasteiger partial charge >= 0.3 is 0 Å². The van der Waals surface area contributed by atoms with Crippen LogP contribution >= 0.6 is 15.9 Å². The molecule has 28 heavy (non-hydrogen) atoms. The van der Waals surface area contributed by atoms with Crippen molar-refractivity contribution in [1.82, 2.24) is 14.9 Å². The number of nitrogens with zero attached hydrogens (tertiary/aromatic N) is 4. The molecular weight excluding hydrogens is 420 g/mol. The fourth-order valence-electron chi connectivity index (χ4n) is 3.34. The first kappa shape index (κ1) is 20.7. The average molecular weight is 447 g/mol. The lowest BCUT2D eigenvalue weighted by Crippen LogP contribution is -2.41. The first-order chi connectivity index (χ1) is 13.5. The molecule has 6 nitrogen and oxygen atoms in total. The van der Waals surface area contributed by atoms with E-state index in [9.17, 15) is 4.79 Å². The second-order valence-electron chi connectivity index (χ2n) is 6.88. The molecule has 1 aliphatic heterocycles. The van der Waals surface area contributed by atoms with Gasteiger partial charge in [-0.15, -0.1) is 0 Å². The monoisotopic (exact) mass is 446 g/mol. The number of aromatic nitrogens is 2. The molecule has 150 valence electrons. The molecule has 7 heteroatoms. The van der Waals surface area contributed by atoms with Gasteiger partial charge in [0.1, 0.15) is 5.69 Å². The summed E-state index contributed by atoms with van der Waals surface area (Å²) in [6, 6.07) is 8.14. The number of ether oxygens (including phenoxy) is 1. The maximum Gasteiger partial charge on any atom is 0.272 e. The summed E-state index contributed by atoms with van der Waals surface area (Å²) in [5.74, 6) is 0.478. The molecule has 3 rings (SSSR count). The van der Waals surface area contributed by atoms with Crippen molar-refractivity contribution in [1.29, 1.82) is 0 Å². The number of rotatable bonds is 6. The number of aryl methyl sites for hydroxylation is 2. The Balaban J connectivity index is 1.92. The second-order valence-corrected chi connectivity index (χ2v) is 7.73. The maximum atomic E-state index is 12.9. The van der Waals surface area contributed by atoms with E-state index in [4.69, 9.17) is 4.74 Å². The summed E-state index contributed by atoms with van der Waals surface area (Å²) in [5, 5.41) is 0. The molecule has 2 aromatic rings. The fourth-order valence-corrected chi connectivity index (χ4v) is 3.98. The van der Waals surface area contributed by atoms with Crippen molar-refractivity contribution in [2.45, 2.75) is 33.6 Å². The number of carbonyl (C=O) groups excluding carboxylic acids is 1. The van der Waals surface area contributed by atoms with Gasteiger partial charge in [0, 0.05) is 29.8 Å². The molecule has 0 bridgehead atoms. The van der Waals surface area contributed by atoms with E-state index in [1.54, 1.807) is 11.0 Å². The number of benzene rings is 1. The van der Waals surface area contributed by atoms with Gasteiger partial charge in [0.15, 0.2) is 0 Å². The van der Waals surface area contributed by atoms with Crippen LogP contribution in [0.5, 0.6) is 0 Å². The third-order valence-corrected chi connectivity index (χ3v) is 5.39. The van der Waals surface area contributed by atoms with Gasteiger partial charge in [-0.2, -0.15) is 0 Å². The summed E-state index contributed by atoms with van der Waals surface area (Å²) in [5.41, 5.74) is 3.50. The predicted molar refractivity (Wildman–Crippen MR) is 114 cm³/mol. The zero-order valence-corrected chi connectivity index (χ0v) is 18.3. The minimum absolute atomic E-state index is 0.0662. The summed E-state index contributed by atoms with van der Waals surface area (Å²) in [6.45, 7) is 9.16. The first-order valence-electron chi connectivity index (χ1n) is 9.82. The highest BCUT2D eigenvalue weighted by Gasteiger charge is 2.22. The van der Waals surface area contributed by atoms with Crippen molar-refractivity contribution in [2.24, 2.45) is 0 Å². The highest BCUT2D eigenvalue weighted by molar-refractivity contribution is 9.10. The lowest BCUT2D eigenvalue weighted by Gasteiger charge is -2.27. The van der Waals surface area contributed by atoms with Gasteiger partial charge in [0.2, 0.25) is 5.95 Å². The Morgan fingerprint density at radius 1 is 1.21 bits per heavy atom. The largest absolute Gasteiger partial charge is 0.378 e. The predicted octanol–water partition coefficient (Wildman–Crippen LogP) is 4.13. The minimum Gasteiger partial charge on any atom is -0.378 e. The Hall–Kier alpha value is -1.99. The molecule has 0 N–H and O–H groups in total. The molecule has 1 aliphatic rings. The zero-order chi connectivity index (χ0) is 20.1. The third kappa shape index (κ3) is 4.70. The van der Waals surface area contributed by atoms with Gasteiger partial charge in [-0.05, 0) is 60.0 Å². The topological polar surface area (TPSA) is 58.6 Å². The quantitative estimate of drug-likeness (QED) is 0.667. The van der Waals surface area contributed by atoms with Crippen molar-refractivity contribution in [3.8, 4) is 0 Å². The summed E-state index contributed by atoms with van der Waals surface area (Å²) in [7, 11) is 0. The Bertz CT molecular complexity index is 837. The average Bonchev–Trinajstić information content (AvgIpc) is 2.70. The van der Waals surface area contributed by atoms with Crippen LogP contribution in [0.1, 0.15) is 42.0 Å². The maximum absolute atomic E-state index is 12.9. The summed E-state index contributed by atoms with van der Waals surface area (Å²) >= 11 is 3.70. The number of hydrogen-bond acceptors (Lipinski definition) is 5. The first-order valence-corrected chi connectivity index (χ1v) is 10.6. The normalized spacial score (nSPS) is 14.2. The van der Waals surface area contributed by atoms with Gasteiger partial charge in [-0.1, -0.05) is 19.4 Å². The van der Waals surface area contributed by atoms with Gasteiger partial charge in [0.25, 0.3) is 5.91 Å². The molecule has 0 spiro atoms. The standard InChI is InChI=1S/C21H27BrN4O2/c1-4-6-16-7-8-19(17(22)14-16)26(5-2)21-23-15(3)13-18(24-21)20(27)25-9-11-28-12-10-25/h7-8,13-14H,4-6,9-12H2,1-3H3. The van der Waals surface area contributed by atoms with E-state index in [1.807, 2.05) is 11.8 Å². The smallest absolute Gasteiger partial charge is 0.272 e. The number of anilines is 2. The van der Waals surface area contributed by atoms with E-state index in [0.29, 0.717) is 44.5 Å². The van der Waals surface area contributed by atoms with E-state index in [-0.39, 0.29) is 5.91 Å². The number of halogens is 1. The third-order valence-electron chi connectivity index (χ3n) is 4.76. The fraction of sp³-hybridized carbons (Fsp3) is 0.476. The number of hydrogen-bond donors (Lipinski definition) is 0. The molecule has 1 amide bonds. The highest BCUT2D eigenvalue weighted by Crippen LogP contribution is 2.31. The van der Waals surface area contributed by atoms with E-state index in [2.05, 4.69) is 57.9 Å². The number of amides is 1. The van der Waals surface area contributed by atoms with Crippen molar-refractivity contribution in [3.63, 3.8) is 0 Å². The molecule has 1 fully saturated rings. The van der Waals surface area contributed by atoms with E-state index in [1.165, 1.54) is 5.56 Å². The summed E-state index contributed by atoms with van der Waals surface area (Å²) in [4.78, 5) is 25.9. The second kappa shape index (κ2) is 9.47. The molecule has 1 aromatic carbocycles. The van der Waals surface area contributed by atoms with Crippen LogP contribution in [0.3, 0.4) is 0 Å². The molecule has 1 saturated heterocycles. The van der Waals surface area contributed by atoms with Crippen molar-refractivity contribution in [2.75, 3.05) is 37.7 Å². The molecule has 1 aromatic heterocycles. The Morgan fingerprint density at radius 2 is 1.96 bits per heavy atom. The molecule has 0 atom stereocenters. The van der Waals surface area contributed by atoms with Crippen LogP contribution in [-0.2, 0) is 11.2 Å². The molecule has 0 aliphatic carbocycles. The van der Waals surface area contributed by atoms with Crippen LogP contribution in [-0.4, -0.2) is 53.6 Å². The molecule has 0 unspecified atom stereocenters. The number of morpholine rings is 1.